The van der Waals surface area contributed by atoms with Crippen LogP contribution < -0.4 is 11.1 Å². The molecule has 0 aromatic carbocycles. The number of carbonyl (C=O) groups excluding carboxylic acids is 1. The Morgan fingerprint density at radius 3 is 2.85 bits per heavy atom. The monoisotopic (exact) mass is 300 g/mol. The predicted octanol–water partition coefficient (Wildman–Crippen LogP) is 1.70. The number of esters is 1. The van der Waals surface area contributed by atoms with Crippen molar-refractivity contribution in [2.75, 3.05) is 27.4 Å². The van der Waals surface area contributed by atoms with Gasteiger partial charge in [0.1, 0.15) is 0 Å². The predicted molar refractivity (Wildman–Crippen MR) is 80.8 cm³/mol. The van der Waals surface area contributed by atoms with E-state index in [-0.39, 0.29) is 18.1 Å². The molecule has 20 heavy (non-hydrogen) atoms. The molecule has 3 N–H and O–H groups in total. The van der Waals surface area contributed by atoms with Crippen LogP contribution in [0.15, 0.2) is 17.5 Å². The maximum Gasteiger partial charge on any atom is 0.307 e. The highest BCUT2D eigenvalue weighted by Crippen LogP contribution is 2.23. The van der Waals surface area contributed by atoms with Gasteiger partial charge in [-0.3, -0.25) is 4.79 Å². The number of rotatable bonds is 10. The first-order chi connectivity index (χ1) is 9.71. The number of carbonyl (C=O) groups is 1. The molecule has 0 aliphatic carbocycles. The molecule has 114 valence electrons. The lowest BCUT2D eigenvalue weighted by atomic mass is 10.1. The number of thiophene rings is 1. The normalized spacial score (nSPS) is 13.9. The van der Waals surface area contributed by atoms with Gasteiger partial charge >= 0.3 is 5.97 Å². The first kappa shape index (κ1) is 17.1. The molecule has 0 saturated carbocycles. The average molecular weight is 300 g/mol. The highest BCUT2D eigenvalue weighted by molar-refractivity contribution is 7.10. The van der Waals surface area contributed by atoms with Crippen LogP contribution in [0.1, 0.15) is 30.2 Å². The second-order valence-electron chi connectivity index (χ2n) is 4.60. The summed E-state index contributed by atoms with van der Waals surface area (Å²) in [7, 11) is 3.09. The number of hydrogen-bond acceptors (Lipinski definition) is 6. The number of nitrogens with one attached hydrogen (secondary N) is 1. The lowest BCUT2D eigenvalue weighted by Gasteiger charge is -2.24. The molecule has 0 fully saturated rings. The zero-order valence-electron chi connectivity index (χ0n) is 12.1. The van der Waals surface area contributed by atoms with Gasteiger partial charge in [-0.2, -0.15) is 0 Å². The summed E-state index contributed by atoms with van der Waals surface area (Å²) < 4.78 is 10.0. The highest BCUT2D eigenvalue weighted by Gasteiger charge is 2.21. The quantitative estimate of drug-likeness (QED) is 0.643. The van der Waals surface area contributed by atoms with Gasteiger partial charge in [-0.15, -0.1) is 11.3 Å². The molecule has 0 amide bonds. The van der Waals surface area contributed by atoms with Gasteiger partial charge in [0.2, 0.25) is 0 Å². The molecule has 2 unspecified atom stereocenters. The van der Waals surface area contributed by atoms with Crippen molar-refractivity contribution in [3.63, 3.8) is 0 Å². The highest BCUT2D eigenvalue weighted by atomic mass is 32.1. The molecule has 0 bridgehead atoms. The van der Waals surface area contributed by atoms with Crippen molar-refractivity contribution >= 4 is 17.3 Å². The van der Waals surface area contributed by atoms with E-state index < -0.39 is 0 Å². The van der Waals surface area contributed by atoms with Crippen molar-refractivity contribution in [2.45, 2.75) is 31.3 Å². The summed E-state index contributed by atoms with van der Waals surface area (Å²) in [6.07, 6.45) is 2.17. The van der Waals surface area contributed by atoms with Gasteiger partial charge in [-0.05, 0) is 30.8 Å². The zero-order valence-corrected chi connectivity index (χ0v) is 12.9. The molecule has 0 aliphatic rings. The summed E-state index contributed by atoms with van der Waals surface area (Å²) >= 11 is 1.63. The molecule has 0 spiro atoms. The van der Waals surface area contributed by atoms with Crippen LogP contribution in [-0.2, 0) is 14.3 Å². The Hall–Kier alpha value is -0.950. The molecule has 1 heterocycles. The number of ether oxygens (including phenoxy) is 2. The smallest absolute Gasteiger partial charge is 0.307 e. The first-order valence-electron chi connectivity index (χ1n) is 6.76. The van der Waals surface area contributed by atoms with E-state index in [0.717, 1.165) is 17.7 Å². The molecule has 5 nitrogen and oxygen atoms in total. The van der Waals surface area contributed by atoms with Gasteiger partial charge in [0, 0.05) is 18.0 Å². The van der Waals surface area contributed by atoms with E-state index in [1.54, 1.807) is 18.4 Å². The van der Waals surface area contributed by atoms with Crippen molar-refractivity contribution in [1.29, 1.82) is 0 Å². The Kier molecular flexibility index (Phi) is 8.45. The van der Waals surface area contributed by atoms with Gasteiger partial charge in [-0.1, -0.05) is 6.07 Å². The van der Waals surface area contributed by atoms with Crippen LogP contribution in [-0.4, -0.2) is 39.4 Å². The van der Waals surface area contributed by atoms with Crippen molar-refractivity contribution in [1.82, 2.24) is 5.32 Å². The van der Waals surface area contributed by atoms with E-state index in [1.165, 1.54) is 7.11 Å². The second-order valence-corrected chi connectivity index (χ2v) is 5.58. The third-order valence-electron chi connectivity index (χ3n) is 3.05. The SMILES string of the molecule is COCC(CCCN)NC(CC(=O)OC)c1cccs1. The first-order valence-corrected chi connectivity index (χ1v) is 7.64. The second kappa shape index (κ2) is 9.88. The average Bonchev–Trinajstić information content (AvgIpc) is 2.98. The van der Waals surface area contributed by atoms with Crippen molar-refractivity contribution in [2.24, 2.45) is 5.73 Å². The van der Waals surface area contributed by atoms with Gasteiger partial charge in [0.15, 0.2) is 0 Å². The third-order valence-corrected chi connectivity index (χ3v) is 4.03. The van der Waals surface area contributed by atoms with E-state index in [4.69, 9.17) is 15.2 Å². The summed E-state index contributed by atoms with van der Waals surface area (Å²) in [4.78, 5) is 12.7. The van der Waals surface area contributed by atoms with Gasteiger partial charge < -0.3 is 20.5 Å². The van der Waals surface area contributed by atoms with Crippen LogP contribution in [0.4, 0.5) is 0 Å². The largest absolute Gasteiger partial charge is 0.469 e. The minimum atomic E-state index is -0.217. The fourth-order valence-electron chi connectivity index (χ4n) is 2.05. The minimum absolute atomic E-state index is 0.0413. The summed E-state index contributed by atoms with van der Waals surface area (Å²) in [6, 6.07) is 4.15. The maximum absolute atomic E-state index is 11.6. The molecule has 2 atom stereocenters. The van der Waals surface area contributed by atoms with E-state index in [2.05, 4.69) is 5.32 Å². The van der Waals surface area contributed by atoms with Gasteiger partial charge in [-0.25, -0.2) is 0 Å². The van der Waals surface area contributed by atoms with Crippen LogP contribution >= 0.6 is 11.3 Å². The molecular weight excluding hydrogens is 276 g/mol. The van der Waals surface area contributed by atoms with Crippen LogP contribution in [0.25, 0.3) is 0 Å². The fraction of sp³-hybridized carbons (Fsp3) is 0.643. The summed E-state index contributed by atoms with van der Waals surface area (Å²) in [5, 5.41) is 5.49. The Morgan fingerprint density at radius 1 is 1.50 bits per heavy atom. The molecule has 0 saturated heterocycles. The van der Waals surface area contributed by atoms with E-state index in [1.807, 2.05) is 17.5 Å². The molecule has 1 aromatic heterocycles. The van der Waals surface area contributed by atoms with Crippen molar-refractivity contribution < 1.29 is 14.3 Å². The summed E-state index contributed by atoms with van der Waals surface area (Å²) in [5.74, 6) is -0.217. The van der Waals surface area contributed by atoms with Crippen LogP contribution in [0.5, 0.6) is 0 Å². The summed E-state index contributed by atoms with van der Waals surface area (Å²) in [6.45, 7) is 1.26. The van der Waals surface area contributed by atoms with Crippen LogP contribution in [0.3, 0.4) is 0 Å². The number of hydrogen-bond donors (Lipinski definition) is 2. The van der Waals surface area contributed by atoms with Gasteiger partial charge in [0.05, 0.1) is 26.2 Å². The maximum atomic E-state index is 11.6. The van der Waals surface area contributed by atoms with Crippen LogP contribution in [0, 0.1) is 0 Å². The molecule has 0 aliphatic heterocycles. The molecule has 1 aromatic rings. The summed E-state index contributed by atoms with van der Waals surface area (Å²) in [5.41, 5.74) is 5.56. The number of nitrogens with two attached hydrogens (primary N) is 1. The topological polar surface area (TPSA) is 73.6 Å². The van der Waals surface area contributed by atoms with Gasteiger partial charge in [0.25, 0.3) is 0 Å². The minimum Gasteiger partial charge on any atom is -0.469 e. The van der Waals surface area contributed by atoms with Crippen molar-refractivity contribution in [3.05, 3.63) is 22.4 Å². The standard InChI is InChI=1S/C14H24N2O3S/c1-18-10-11(5-3-7-15)16-12(9-14(17)19-2)13-6-4-8-20-13/h4,6,8,11-12,16H,3,5,7,9-10,15H2,1-2H3. The van der Waals surface area contributed by atoms with E-state index in [0.29, 0.717) is 19.6 Å². The molecule has 0 radical (unpaired) electrons. The lowest BCUT2D eigenvalue weighted by molar-refractivity contribution is -0.141. The lowest BCUT2D eigenvalue weighted by Crippen LogP contribution is -2.37. The number of methoxy groups -OCH3 is 2. The third kappa shape index (κ3) is 6.00. The Labute approximate surface area is 124 Å². The Morgan fingerprint density at radius 2 is 2.30 bits per heavy atom. The molecule has 6 heteroatoms. The zero-order chi connectivity index (χ0) is 14.8. The fourth-order valence-corrected chi connectivity index (χ4v) is 2.83. The molecule has 1 rings (SSSR count). The van der Waals surface area contributed by atoms with Crippen molar-refractivity contribution in [3.8, 4) is 0 Å². The Bertz CT molecular complexity index is 371. The Balaban J connectivity index is 2.68. The van der Waals surface area contributed by atoms with Crippen LogP contribution in [0.2, 0.25) is 0 Å². The molecular formula is C14H24N2O3S. The van der Waals surface area contributed by atoms with E-state index in [9.17, 15) is 4.79 Å². The van der Waals surface area contributed by atoms with E-state index >= 15 is 0 Å².